The lowest BCUT2D eigenvalue weighted by Gasteiger charge is -2.31. The molecule has 0 unspecified atom stereocenters. The number of hydrogen-bond donors (Lipinski definition) is 1. The molecule has 0 bridgehead atoms. The van der Waals surface area contributed by atoms with Crippen molar-refractivity contribution in [1.29, 1.82) is 0 Å². The molecule has 2 heterocycles. The van der Waals surface area contributed by atoms with Gasteiger partial charge in [-0.3, -0.25) is 9.69 Å². The fraction of sp³-hybridized carbons (Fsp3) is 0.333. The molecule has 0 aliphatic carbocycles. The summed E-state index contributed by atoms with van der Waals surface area (Å²) >= 11 is 6.04. The van der Waals surface area contributed by atoms with Crippen LogP contribution in [0.4, 0.5) is 0 Å². The summed E-state index contributed by atoms with van der Waals surface area (Å²) < 4.78 is 7.11. The van der Waals surface area contributed by atoms with Crippen molar-refractivity contribution in [3.8, 4) is 11.4 Å². The Hall–Kier alpha value is -2.83. The third-order valence-corrected chi connectivity index (χ3v) is 6.05. The van der Waals surface area contributed by atoms with Crippen LogP contribution in [0.5, 0.6) is 5.75 Å². The highest BCUT2D eigenvalue weighted by Gasteiger charge is 2.20. The lowest BCUT2D eigenvalue weighted by molar-refractivity contribution is 0.0935. The Morgan fingerprint density at radius 1 is 1.19 bits per heavy atom. The number of hydrogen-bond acceptors (Lipinski definition) is 4. The van der Waals surface area contributed by atoms with Gasteiger partial charge in [-0.15, -0.1) is 0 Å². The zero-order valence-corrected chi connectivity index (χ0v) is 18.4. The number of benzene rings is 2. The van der Waals surface area contributed by atoms with Crippen molar-refractivity contribution in [1.82, 2.24) is 20.0 Å². The first kappa shape index (κ1) is 21.4. The van der Waals surface area contributed by atoms with E-state index >= 15 is 0 Å². The number of amides is 1. The Kier molecular flexibility index (Phi) is 6.89. The maximum Gasteiger partial charge on any atom is 0.251 e. The average molecular weight is 439 g/mol. The Bertz CT molecular complexity index is 1010. The minimum Gasteiger partial charge on any atom is -0.495 e. The van der Waals surface area contributed by atoms with E-state index in [1.807, 2.05) is 29.1 Å². The van der Waals surface area contributed by atoms with Crippen LogP contribution in [0.25, 0.3) is 5.69 Å². The molecule has 1 N–H and O–H groups in total. The Labute approximate surface area is 187 Å². The van der Waals surface area contributed by atoms with Crippen molar-refractivity contribution in [3.63, 3.8) is 0 Å². The van der Waals surface area contributed by atoms with Gasteiger partial charge in [-0.05, 0) is 62.2 Å². The molecular weight excluding hydrogens is 412 g/mol. The van der Waals surface area contributed by atoms with Crippen LogP contribution in [-0.2, 0) is 6.54 Å². The molecule has 1 saturated heterocycles. The molecule has 0 radical (unpaired) electrons. The van der Waals surface area contributed by atoms with Gasteiger partial charge in [0.25, 0.3) is 5.91 Å². The molecule has 6 nitrogen and oxygen atoms in total. The van der Waals surface area contributed by atoms with Crippen molar-refractivity contribution >= 4 is 17.5 Å². The summed E-state index contributed by atoms with van der Waals surface area (Å²) in [7, 11) is 1.54. The molecular formula is C24H27ClN4O2. The number of ether oxygens (including phenoxy) is 1. The standard InChI is InChI=1S/C24H27ClN4O2/c1-31-23-13-20(7-8-22(23)25)24(30)26-14-18-9-11-28(12-10-18)16-19-15-27-29(17-19)21-5-3-2-4-6-21/h2-8,13,15,17-18H,9-12,14,16H2,1H3,(H,26,30). The zero-order valence-electron chi connectivity index (χ0n) is 17.6. The van der Waals surface area contributed by atoms with Gasteiger partial charge < -0.3 is 10.1 Å². The SMILES string of the molecule is COc1cc(C(=O)NCC2CCN(Cc3cnn(-c4ccccc4)c3)CC2)ccc1Cl. The van der Waals surface area contributed by atoms with Crippen LogP contribution in [0.3, 0.4) is 0 Å². The van der Waals surface area contributed by atoms with Crippen molar-refractivity contribution < 1.29 is 9.53 Å². The fourth-order valence-corrected chi connectivity index (χ4v) is 4.11. The smallest absolute Gasteiger partial charge is 0.251 e. The van der Waals surface area contributed by atoms with E-state index in [2.05, 4.69) is 33.6 Å². The number of aromatic nitrogens is 2. The number of piperidine rings is 1. The van der Waals surface area contributed by atoms with Crippen LogP contribution in [0.1, 0.15) is 28.8 Å². The van der Waals surface area contributed by atoms with Gasteiger partial charge in [0.05, 0.1) is 24.0 Å². The molecule has 162 valence electrons. The Morgan fingerprint density at radius 3 is 2.71 bits per heavy atom. The highest BCUT2D eigenvalue weighted by Crippen LogP contribution is 2.25. The van der Waals surface area contributed by atoms with Gasteiger partial charge in [0.15, 0.2) is 0 Å². The summed E-state index contributed by atoms with van der Waals surface area (Å²) in [5.74, 6) is 0.908. The number of halogens is 1. The van der Waals surface area contributed by atoms with E-state index in [9.17, 15) is 4.79 Å². The number of nitrogens with zero attached hydrogens (tertiary/aromatic N) is 3. The van der Waals surface area contributed by atoms with Crippen LogP contribution < -0.4 is 10.1 Å². The number of rotatable bonds is 7. The maximum atomic E-state index is 12.5. The Balaban J connectivity index is 1.23. The normalized spacial score (nSPS) is 15.0. The van der Waals surface area contributed by atoms with E-state index in [0.717, 1.165) is 38.2 Å². The van der Waals surface area contributed by atoms with Crippen LogP contribution in [-0.4, -0.2) is 47.3 Å². The second-order valence-corrected chi connectivity index (χ2v) is 8.31. The highest BCUT2D eigenvalue weighted by molar-refractivity contribution is 6.32. The van der Waals surface area contributed by atoms with Gasteiger partial charge in [0, 0.05) is 30.4 Å². The van der Waals surface area contributed by atoms with Crippen molar-refractivity contribution in [2.45, 2.75) is 19.4 Å². The molecule has 0 atom stereocenters. The van der Waals surface area contributed by atoms with E-state index in [1.54, 1.807) is 25.3 Å². The summed E-state index contributed by atoms with van der Waals surface area (Å²) in [4.78, 5) is 14.9. The summed E-state index contributed by atoms with van der Waals surface area (Å²) in [5, 5.41) is 8.04. The first-order valence-corrected chi connectivity index (χ1v) is 10.9. The summed E-state index contributed by atoms with van der Waals surface area (Å²) in [6, 6.07) is 15.2. The van der Waals surface area contributed by atoms with E-state index < -0.39 is 0 Å². The predicted molar refractivity (Wildman–Crippen MR) is 122 cm³/mol. The summed E-state index contributed by atoms with van der Waals surface area (Å²) in [5.41, 5.74) is 2.85. The molecule has 1 aromatic heterocycles. The molecule has 1 fully saturated rings. The number of carbonyl (C=O) groups excluding carboxylic acids is 1. The lowest BCUT2D eigenvalue weighted by atomic mass is 9.96. The van der Waals surface area contributed by atoms with Crippen LogP contribution in [0, 0.1) is 5.92 Å². The van der Waals surface area contributed by atoms with Gasteiger partial charge in [0.2, 0.25) is 0 Å². The monoisotopic (exact) mass is 438 g/mol. The molecule has 1 aliphatic rings. The molecule has 31 heavy (non-hydrogen) atoms. The Morgan fingerprint density at radius 2 is 1.97 bits per heavy atom. The van der Waals surface area contributed by atoms with E-state index in [4.69, 9.17) is 16.3 Å². The molecule has 0 spiro atoms. The topological polar surface area (TPSA) is 59.4 Å². The second kappa shape index (κ2) is 9.98. The van der Waals surface area contributed by atoms with Crippen LogP contribution in [0.15, 0.2) is 60.9 Å². The third kappa shape index (κ3) is 5.46. The molecule has 2 aromatic carbocycles. The predicted octanol–water partition coefficient (Wildman–Crippen LogP) is 4.18. The van der Waals surface area contributed by atoms with Gasteiger partial charge >= 0.3 is 0 Å². The third-order valence-electron chi connectivity index (χ3n) is 5.73. The van der Waals surface area contributed by atoms with Crippen molar-refractivity contribution in [3.05, 3.63) is 77.1 Å². The number of carbonyl (C=O) groups is 1. The minimum absolute atomic E-state index is 0.0919. The molecule has 1 aliphatic heterocycles. The van der Waals surface area contributed by atoms with Crippen molar-refractivity contribution in [2.75, 3.05) is 26.7 Å². The number of likely N-dealkylation sites (tertiary alicyclic amines) is 1. The largest absolute Gasteiger partial charge is 0.495 e. The molecule has 1 amide bonds. The van der Waals surface area contributed by atoms with Gasteiger partial charge in [-0.1, -0.05) is 29.8 Å². The van der Waals surface area contributed by atoms with Crippen LogP contribution in [0.2, 0.25) is 5.02 Å². The maximum absolute atomic E-state index is 12.5. The fourth-order valence-electron chi connectivity index (χ4n) is 3.91. The first-order valence-electron chi connectivity index (χ1n) is 10.6. The van der Waals surface area contributed by atoms with Crippen LogP contribution >= 0.6 is 11.6 Å². The highest BCUT2D eigenvalue weighted by atomic mass is 35.5. The second-order valence-electron chi connectivity index (χ2n) is 7.91. The zero-order chi connectivity index (χ0) is 21.6. The number of nitrogens with one attached hydrogen (secondary N) is 1. The summed E-state index contributed by atoms with van der Waals surface area (Å²) in [6.45, 7) is 3.62. The molecule has 3 aromatic rings. The molecule has 4 rings (SSSR count). The van der Waals surface area contributed by atoms with E-state index in [-0.39, 0.29) is 5.91 Å². The van der Waals surface area contributed by atoms with E-state index in [1.165, 1.54) is 5.56 Å². The molecule has 7 heteroatoms. The van der Waals surface area contributed by atoms with Gasteiger partial charge in [-0.2, -0.15) is 5.10 Å². The minimum atomic E-state index is -0.0919. The van der Waals surface area contributed by atoms with E-state index in [0.29, 0.717) is 28.8 Å². The van der Waals surface area contributed by atoms with Crippen molar-refractivity contribution in [2.24, 2.45) is 5.92 Å². The summed E-state index contributed by atoms with van der Waals surface area (Å²) in [6.07, 6.45) is 6.18. The average Bonchev–Trinajstić information content (AvgIpc) is 3.28. The van der Waals surface area contributed by atoms with Gasteiger partial charge in [-0.25, -0.2) is 4.68 Å². The number of para-hydroxylation sites is 1. The van der Waals surface area contributed by atoms with Gasteiger partial charge in [0.1, 0.15) is 5.75 Å². The number of methoxy groups -OCH3 is 1. The quantitative estimate of drug-likeness (QED) is 0.601. The first-order chi connectivity index (χ1) is 15.1. The lowest BCUT2D eigenvalue weighted by Crippen LogP contribution is -2.38. The molecule has 0 saturated carbocycles.